The van der Waals surface area contributed by atoms with Gasteiger partial charge in [0.2, 0.25) is 0 Å². The number of hydrogen-bond donors (Lipinski definition) is 1. The molecule has 3 rings (SSSR count). The minimum absolute atomic E-state index is 0.0396. The smallest absolute Gasteiger partial charge is 0.126 e. The Morgan fingerprint density at radius 2 is 1.83 bits per heavy atom. The van der Waals surface area contributed by atoms with Crippen molar-refractivity contribution in [2.45, 2.75) is 57.8 Å². The zero-order valence-corrected chi connectivity index (χ0v) is 14.6. The summed E-state index contributed by atoms with van der Waals surface area (Å²) in [6.45, 7) is 2.25. The van der Waals surface area contributed by atoms with Gasteiger partial charge >= 0.3 is 0 Å². The van der Waals surface area contributed by atoms with Crippen LogP contribution in [0.5, 0.6) is 0 Å². The van der Waals surface area contributed by atoms with E-state index in [1.54, 1.807) is 12.1 Å². The topological polar surface area (TPSA) is 26.0 Å². The molecular weight excluding hydrogens is 297 g/mol. The lowest BCUT2D eigenvalue weighted by molar-refractivity contribution is 0.130. The van der Waals surface area contributed by atoms with Crippen molar-refractivity contribution in [3.63, 3.8) is 0 Å². The minimum atomic E-state index is -0.0396. The molecule has 24 heavy (non-hydrogen) atoms. The first kappa shape index (κ1) is 17.0. The number of halogens is 1. The average Bonchev–Trinajstić information content (AvgIpc) is 2.59. The lowest BCUT2D eigenvalue weighted by Crippen LogP contribution is -2.35. The van der Waals surface area contributed by atoms with Gasteiger partial charge in [0.25, 0.3) is 0 Å². The van der Waals surface area contributed by atoms with Crippen molar-refractivity contribution in [1.29, 1.82) is 0 Å². The normalized spacial score (nSPS) is 24.0. The minimum Gasteiger partial charge on any atom is -0.399 e. The molecule has 2 atom stereocenters. The highest BCUT2D eigenvalue weighted by Crippen LogP contribution is 2.52. The Morgan fingerprint density at radius 3 is 2.54 bits per heavy atom. The van der Waals surface area contributed by atoms with E-state index in [1.807, 2.05) is 24.3 Å². The van der Waals surface area contributed by atoms with Crippen molar-refractivity contribution in [1.82, 2.24) is 0 Å². The molecule has 0 heterocycles. The van der Waals surface area contributed by atoms with Gasteiger partial charge in [-0.2, -0.15) is 0 Å². The van der Waals surface area contributed by atoms with Gasteiger partial charge in [-0.15, -0.1) is 0 Å². The van der Waals surface area contributed by atoms with Crippen molar-refractivity contribution in [2.75, 3.05) is 5.73 Å². The zero-order valence-electron chi connectivity index (χ0n) is 14.6. The van der Waals surface area contributed by atoms with Crippen LogP contribution in [-0.4, -0.2) is 0 Å². The van der Waals surface area contributed by atoms with Gasteiger partial charge in [-0.05, 0) is 66.3 Å². The van der Waals surface area contributed by atoms with Gasteiger partial charge in [-0.3, -0.25) is 0 Å². The molecule has 2 unspecified atom stereocenters. The maximum Gasteiger partial charge on any atom is 0.126 e. The molecule has 0 spiro atoms. The van der Waals surface area contributed by atoms with Crippen LogP contribution in [0.25, 0.3) is 0 Å². The second kappa shape index (κ2) is 7.38. The first-order valence-corrected chi connectivity index (χ1v) is 9.23. The van der Waals surface area contributed by atoms with Crippen LogP contribution < -0.4 is 5.73 Å². The summed E-state index contributed by atoms with van der Waals surface area (Å²) in [4.78, 5) is 0. The Kier molecular flexibility index (Phi) is 5.23. The van der Waals surface area contributed by atoms with Gasteiger partial charge in [-0.25, -0.2) is 4.39 Å². The van der Waals surface area contributed by atoms with E-state index < -0.39 is 0 Å². The summed E-state index contributed by atoms with van der Waals surface area (Å²) in [6.07, 6.45) is 8.03. The van der Waals surface area contributed by atoms with E-state index in [2.05, 4.69) is 19.1 Å². The van der Waals surface area contributed by atoms with Gasteiger partial charge < -0.3 is 5.73 Å². The fourth-order valence-electron chi connectivity index (χ4n) is 4.69. The molecule has 1 fully saturated rings. The summed E-state index contributed by atoms with van der Waals surface area (Å²) < 4.78 is 14.5. The molecule has 0 aliphatic heterocycles. The van der Waals surface area contributed by atoms with E-state index in [0.717, 1.165) is 36.9 Å². The summed E-state index contributed by atoms with van der Waals surface area (Å²) >= 11 is 0. The first-order chi connectivity index (χ1) is 11.6. The third-order valence-corrected chi connectivity index (χ3v) is 5.72. The summed E-state index contributed by atoms with van der Waals surface area (Å²) in [5.74, 6) is 0.270. The molecule has 2 heteroatoms. The molecule has 0 bridgehead atoms. The SMILES string of the molecule is CCCC1(Cc2ccc(N)cc2)CCCCC1c1ccccc1F. The Bertz CT molecular complexity index is 660. The standard InChI is InChI=1S/C22H28FN/c1-2-14-22(16-17-10-12-18(24)13-11-17)15-6-5-8-20(22)19-7-3-4-9-21(19)23/h3-4,7,9-13,20H,2,5-6,8,14-16,24H2,1H3. The van der Waals surface area contributed by atoms with E-state index in [9.17, 15) is 4.39 Å². The highest BCUT2D eigenvalue weighted by atomic mass is 19.1. The predicted octanol–water partition coefficient (Wildman–Crippen LogP) is 6.09. The van der Waals surface area contributed by atoms with Crippen LogP contribution in [0, 0.1) is 11.2 Å². The summed E-state index contributed by atoms with van der Waals surface area (Å²) in [7, 11) is 0. The zero-order chi connectivity index (χ0) is 17.0. The fourth-order valence-corrected chi connectivity index (χ4v) is 4.69. The largest absolute Gasteiger partial charge is 0.399 e. The van der Waals surface area contributed by atoms with Gasteiger partial charge in [-0.1, -0.05) is 56.5 Å². The molecule has 0 aromatic heterocycles. The van der Waals surface area contributed by atoms with E-state index in [-0.39, 0.29) is 11.2 Å². The van der Waals surface area contributed by atoms with Crippen molar-refractivity contribution in [3.8, 4) is 0 Å². The van der Waals surface area contributed by atoms with Crippen LogP contribution in [0.1, 0.15) is 62.5 Å². The van der Waals surface area contributed by atoms with Crippen LogP contribution in [-0.2, 0) is 6.42 Å². The molecular formula is C22H28FN. The van der Waals surface area contributed by atoms with Crippen LogP contribution >= 0.6 is 0 Å². The van der Waals surface area contributed by atoms with Gasteiger partial charge in [0.05, 0.1) is 0 Å². The molecule has 2 aromatic carbocycles. The average molecular weight is 325 g/mol. The molecule has 2 aromatic rings. The van der Waals surface area contributed by atoms with Gasteiger partial charge in [0.1, 0.15) is 5.82 Å². The van der Waals surface area contributed by atoms with Crippen molar-refractivity contribution in [3.05, 3.63) is 65.5 Å². The quantitative estimate of drug-likeness (QED) is 0.661. The second-order valence-electron chi connectivity index (χ2n) is 7.35. The summed E-state index contributed by atoms with van der Waals surface area (Å²) in [5.41, 5.74) is 9.04. The number of benzene rings is 2. The Morgan fingerprint density at radius 1 is 1.08 bits per heavy atom. The number of nitrogen functional groups attached to an aromatic ring is 1. The molecule has 0 amide bonds. The van der Waals surface area contributed by atoms with Crippen molar-refractivity contribution in [2.24, 2.45) is 5.41 Å². The molecule has 1 saturated carbocycles. The number of nitrogens with two attached hydrogens (primary N) is 1. The van der Waals surface area contributed by atoms with Crippen LogP contribution in [0.3, 0.4) is 0 Å². The highest BCUT2D eigenvalue weighted by Gasteiger charge is 2.41. The monoisotopic (exact) mass is 325 g/mol. The van der Waals surface area contributed by atoms with Crippen molar-refractivity contribution < 1.29 is 4.39 Å². The highest BCUT2D eigenvalue weighted by molar-refractivity contribution is 5.40. The van der Waals surface area contributed by atoms with Gasteiger partial charge in [0, 0.05) is 5.69 Å². The number of anilines is 1. The lowest BCUT2D eigenvalue weighted by atomic mass is 9.59. The Balaban J connectivity index is 1.98. The fraction of sp³-hybridized carbons (Fsp3) is 0.455. The first-order valence-electron chi connectivity index (χ1n) is 9.23. The summed E-state index contributed by atoms with van der Waals surface area (Å²) in [6, 6.07) is 15.6. The predicted molar refractivity (Wildman–Crippen MR) is 99.5 cm³/mol. The Hall–Kier alpha value is -1.83. The summed E-state index contributed by atoms with van der Waals surface area (Å²) in [5, 5.41) is 0. The second-order valence-corrected chi connectivity index (χ2v) is 7.35. The van der Waals surface area contributed by atoms with Gasteiger partial charge in [0.15, 0.2) is 0 Å². The lowest BCUT2D eigenvalue weighted by Gasteiger charge is -2.45. The van der Waals surface area contributed by atoms with E-state index in [0.29, 0.717) is 5.92 Å². The molecule has 128 valence electrons. The van der Waals surface area contributed by atoms with Crippen LogP contribution in [0.15, 0.2) is 48.5 Å². The molecule has 2 N–H and O–H groups in total. The maximum atomic E-state index is 14.5. The van der Waals surface area contributed by atoms with E-state index >= 15 is 0 Å². The van der Waals surface area contributed by atoms with E-state index in [1.165, 1.54) is 24.8 Å². The van der Waals surface area contributed by atoms with Crippen LogP contribution in [0.2, 0.25) is 0 Å². The maximum absolute atomic E-state index is 14.5. The third-order valence-electron chi connectivity index (χ3n) is 5.72. The van der Waals surface area contributed by atoms with Crippen molar-refractivity contribution >= 4 is 5.69 Å². The van der Waals surface area contributed by atoms with E-state index in [4.69, 9.17) is 5.73 Å². The molecule has 0 radical (unpaired) electrons. The number of rotatable bonds is 5. The molecule has 1 nitrogen and oxygen atoms in total. The molecule has 1 aliphatic rings. The number of hydrogen-bond acceptors (Lipinski definition) is 1. The third kappa shape index (κ3) is 3.48. The molecule has 0 saturated heterocycles. The molecule has 1 aliphatic carbocycles. The van der Waals surface area contributed by atoms with Crippen LogP contribution in [0.4, 0.5) is 10.1 Å². The Labute approximate surface area is 145 Å².